The number of allylic oxidation sites excluding steroid dienone is 1. The van der Waals surface area contributed by atoms with E-state index in [-0.39, 0.29) is 31.0 Å². The van der Waals surface area contributed by atoms with Gasteiger partial charge in [-0.05, 0) is 31.0 Å². The van der Waals surface area contributed by atoms with Crippen molar-refractivity contribution in [3.8, 4) is 0 Å². The number of hydrogen-bond donors (Lipinski definition) is 2. The zero-order chi connectivity index (χ0) is 19.4. The molecule has 1 rings (SSSR count). The van der Waals surface area contributed by atoms with Crippen molar-refractivity contribution in [3.63, 3.8) is 0 Å². The van der Waals surface area contributed by atoms with Crippen molar-refractivity contribution in [2.75, 3.05) is 0 Å². The molecular weight excluding hydrogens is 356 g/mol. The standard InChI is InChI=1S/C15H13F6NO3/c1-2-3-4-11(13(24)25)22-12(23)8-5-9(14(16,17)18)7-10(6-8)15(19,20)21/h2,5-7,11H,1,3-4H2,(H,22,23)(H,24,25)/t11-/m0/s1. The maximum absolute atomic E-state index is 12.8. The fourth-order valence-electron chi connectivity index (χ4n) is 1.87. The highest BCUT2D eigenvalue weighted by Crippen LogP contribution is 2.36. The van der Waals surface area contributed by atoms with Crippen LogP contribution < -0.4 is 5.32 Å². The molecule has 0 heterocycles. The van der Waals surface area contributed by atoms with Crippen LogP contribution in [0.3, 0.4) is 0 Å². The Bertz CT molecular complexity index is 634. The molecule has 0 aliphatic rings. The molecule has 0 aliphatic heterocycles. The Kier molecular flexibility index (Phi) is 6.22. The molecule has 1 aromatic carbocycles. The van der Waals surface area contributed by atoms with E-state index >= 15 is 0 Å². The summed E-state index contributed by atoms with van der Waals surface area (Å²) in [6.07, 6.45) is -8.80. The highest BCUT2D eigenvalue weighted by Gasteiger charge is 2.37. The van der Waals surface area contributed by atoms with Gasteiger partial charge in [-0.1, -0.05) is 6.08 Å². The first-order valence-electron chi connectivity index (χ1n) is 6.80. The molecule has 0 aliphatic carbocycles. The summed E-state index contributed by atoms with van der Waals surface area (Å²) >= 11 is 0. The van der Waals surface area contributed by atoms with Gasteiger partial charge in [0.15, 0.2) is 0 Å². The van der Waals surface area contributed by atoms with Gasteiger partial charge in [-0.15, -0.1) is 6.58 Å². The highest BCUT2D eigenvalue weighted by molar-refractivity contribution is 5.97. The number of benzene rings is 1. The lowest BCUT2D eigenvalue weighted by Crippen LogP contribution is -2.40. The molecule has 0 radical (unpaired) electrons. The van der Waals surface area contributed by atoms with E-state index in [0.717, 1.165) is 0 Å². The number of hydrogen-bond acceptors (Lipinski definition) is 2. The van der Waals surface area contributed by atoms with Crippen molar-refractivity contribution >= 4 is 11.9 Å². The number of amides is 1. The van der Waals surface area contributed by atoms with Crippen LogP contribution in [0.15, 0.2) is 30.9 Å². The lowest BCUT2D eigenvalue weighted by molar-refractivity contribution is -0.143. The van der Waals surface area contributed by atoms with E-state index in [0.29, 0.717) is 0 Å². The van der Waals surface area contributed by atoms with Gasteiger partial charge in [0, 0.05) is 5.56 Å². The molecule has 4 nitrogen and oxygen atoms in total. The molecule has 0 bridgehead atoms. The molecule has 1 atom stereocenters. The van der Waals surface area contributed by atoms with Crippen LogP contribution in [0, 0.1) is 0 Å². The monoisotopic (exact) mass is 369 g/mol. The fourth-order valence-corrected chi connectivity index (χ4v) is 1.87. The summed E-state index contributed by atoms with van der Waals surface area (Å²) in [5.74, 6) is -2.83. The number of nitrogens with one attached hydrogen (secondary N) is 1. The second-order valence-corrected chi connectivity index (χ2v) is 5.02. The third-order valence-electron chi connectivity index (χ3n) is 3.11. The second-order valence-electron chi connectivity index (χ2n) is 5.02. The Morgan fingerprint density at radius 3 is 1.92 bits per heavy atom. The molecule has 0 saturated carbocycles. The predicted octanol–water partition coefficient (Wildman–Crippen LogP) is 3.87. The van der Waals surface area contributed by atoms with Gasteiger partial charge in [0.1, 0.15) is 6.04 Å². The number of carboxylic acid groups (broad SMARTS) is 1. The normalized spacial score (nSPS) is 13.2. The average Bonchev–Trinajstić information content (AvgIpc) is 2.48. The fraction of sp³-hybridized carbons (Fsp3) is 0.333. The second kappa shape index (κ2) is 7.58. The molecule has 1 aromatic rings. The summed E-state index contributed by atoms with van der Waals surface area (Å²) in [6.45, 7) is 3.35. The van der Waals surface area contributed by atoms with Crippen LogP contribution in [-0.2, 0) is 17.1 Å². The molecule has 138 valence electrons. The quantitative estimate of drug-likeness (QED) is 0.591. The van der Waals surface area contributed by atoms with Crippen LogP contribution in [0.4, 0.5) is 26.3 Å². The van der Waals surface area contributed by atoms with Gasteiger partial charge >= 0.3 is 18.3 Å². The van der Waals surface area contributed by atoms with E-state index in [9.17, 15) is 35.9 Å². The minimum atomic E-state index is -5.11. The lowest BCUT2D eigenvalue weighted by atomic mass is 10.0. The van der Waals surface area contributed by atoms with Gasteiger partial charge in [-0.25, -0.2) is 4.79 Å². The lowest BCUT2D eigenvalue weighted by Gasteiger charge is -2.16. The van der Waals surface area contributed by atoms with Crippen LogP contribution in [0.2, 0.25) is 0 Å². The number of carboxylic acids is 1. The van der Waals surface area contributed by atoms with E-state index < -0.39 is 47.0 Å². The largest absolute Gasteiger partial charge is 0.480 e. The van der Waals surface area contributed by atoms with E-state index in [1.807, 2.05) is 5.32 Å². The number of rotatable bonds is 6. The smallest absolute Gasteiger partial charge is 0.416 e. The van der Waals surface area contributed by atoms with Crippen LogP contribution >= 0.6 is 0 Å². The minimum absolute atomic E-state index is 0.115. The highest BCUT2D eigenvalue weighted by atomic mass is 19.4. The van der Waals surface area contributed by atoms with E-state index in [2.05, 4.69) is 6.58 Å². The number of alkyl halides is 6. The van der Waals surface area contributed by atoms with Gasteiger partial charge in [-0.2, -0.15) is 26.3 Å². The number of aliphatic carboxylic acids is 1. The van der Waals surface area contributed by atoms with Gasteiger partial charge < -0.3 is 10.4 Å². The summed E-state index contributed by atoms with van der Waals surface area (Å²) in [7, 11) is 0. The number of halogens is 6. The Labute approximate surface area is 138 Å². The van der Waals surface area contributed by atoms with Crippen molar-refractivity contribution in [2.24, 2.45) is 0 Å². The minimum Gasteiger partial charge on any atom is -0.480 e. The molecule has 2 N–H and O–H groups in total. The summed E-state index contributed by atoms with van der Waals surface area (Å²) in [5.41, 5.74) is -4.26. The molecule has 0 saturated heterocycles. The van der Waals surface area contributed by atoms with Crippen molar-refractivity contribution in [1.82, 2.24) is 5.32 Å². The van der Waals surface area contributed by atoms with Gasteiger partial charge in [-0.3, -0.25) is 4.79 Å². The molecule has 10 heteroatoms. The predicted molar refractivity (Wildman–Crippen MR) is 74.8 cm³/mol. The summed E-state index contributed by atoms with van der Waals surface area (Å²) in [6, 6.07) is -1.13. The zero-order valence-corrected chi connectivity index (χ0v) is 12.5. The van der Waals surface area contributed by atoms with Crippen molar-refractivity contribution in [2.45, 2.75) is 31.2 Å². The van der Waals surface area contributed by atoms with E-state index in [1.165, 1.54) is 6.08 Å². The Balaban J connectivity index is 3.23. The first kappa shape index (κ1) is 20.5. The first-order valence-corrected chi connectivity index (χ1v) is 6.80. The number of carbonyl (C=O) groups is 2. The molecule has 0 unspecified atom stereocenters. The topological polar surface area (TPSA) is 66.4 Å². The summed E-state index contributed by atoms with van der Waals surface area (Å²) in [4.78, 5) is 23.0. The molecule has 25 heavy (non-hydrogen) atoms. The Morgan fingerprint density at radius 1 is 1.08 bits per heavy atom. The summed E-state index contributed by atoms with van der Waals surface area (Å²) in [5, 5.41) is 10.9. The maximum Gasteiger partial charge on any atom is 0.416 e. The van der Waals surface area contributed by atoms with Gasteiger partial charge in [0.25, 0.3) is 5.91 Å². The SMILES string of the molecule is C=CCC[C@H](NC(=O)c1cc(C(F)(F)F)cc(C(F)(F)F)c1)C(=O)O. The molecule has 0 spiro atoms. The van der Waals surface area contributed by atoms with Gasteiger partial charge in [0.05, 0.1) is 11.1 Å². The number of carbonyl (C=O) groups excluding carboxylic acids is 1. The third-order valence-corrected chi connectivity index (χ3v) is 3.11. The Hall–Kier alpha value is -2.52. The van der Waals surface area contributed by atoms with Gasteiger partial charge in [0.2, 0.25) is 0 Å². The molecule has 0 fully saturated rings. The van der Waals surface area contributed by atoms with Crippen LogP contribution in [0.25, 0.3) is 0 Å². The van der Waals surface area contributed by atoms with Crippen LogP contribution in [0.1, 0.15) is 34.3 Å². The molecule has 1 amide bonds. The average molecular weight is 369 g/mol. The van der Waals surface area contributed by atoms with Crippen LogP contribution in [0.5, 0.6) is 0 Å². The van der Waals surface area contributed by atoms with Crippen molar-refractivity contribution < 1.29 is 41.0 Å². The third kappa shape index (κ3) is 5.80. The van der Waals surface area contributed by atoms with E-state index in [4.69, 9.17) is 5.11 Å². The van der Waals surface area contributed by atoms with Crippen LogP contribution in [-0.4, -0.2) is 23.0 Å². The zero-order valence-electron chi connectivity index (χ0n) is 12.5. The van der Waals surface area contributed by atoms with E-state index in [1.54, 1.807) is 0 Å². The Morgan fingerprint density at radius 2 is 1.56 bits per heavy atom. The molecular formula is C15H13F6NO3. The summed E-state index contributed by atoms with van der Waals surface area (Å²) < 4.78 is 76.5. The van der Waals surface area contributed by atoms with Crippen molar-refractivity contribution in [1.29, 1.82) is 0 Å². The van der Waals surface area contributed by atoms with Crippen molar-refractivity contribution in [3.05, 3.63) is 47.5 Å². The first-order chi connectivity index (χ1) is 11.4. The molecule has 0 aromatic heterocycles. The maximum atomic E-state index is 12.8.